The summed E-state index contributed by atoms with van der Waals surface area (Å²) in [7, 11) is 0. The summed E-state index contributed by atoms with van der Waals surface area (Å²) >= 11 is 0. The summed E-state index contributed by atoms with van der Waals surface area (Å²) in [5, 5.41) is 2.54. The smallest absolute Gasteiger partial charge is 0.0740 e. The molecule has 1 heterocycles. The Morgan fingerprint density at radius 2 is 1.50 bits per heavy atom. The first kappa shape index (κ1) is 14.2. The van der Waals surface area contributed by atoms with E-state index in [-0.39, 0.29) is 6.15 Å². The summed E-state index contributed by atoms with van der Waals surface area (Å²) in [6, 6.07) is 17.0. The van der Waals surface area contributed by atoms with Gasteiger partial charge in [-0.05, 0) is 37.8 Å². The fourth-order valence-corrected chi connectivity index (χ4v) is 2.64. The number of hydrogen-bond acceptors (Lipinski definition) is 2. The molecule has 3 aromatic rings. The molecule has 0 amide bonds. The molecule has 2 aromatic carbocycles. The average molecular weight is 264 g/mol. The Hall–Kier alpha value is -2.19. The molecule has 0 bridgehead atoms. The van der Waals surface area contributed by atoms with Crippen LogP contribution in [0.5, 0.6) is 0 Å². The van der Waals surface area contributed by atoms with Gasteiger partial charge in [0.15, 0.2) is 0 Å². The molecule has 0 aliphatic rings. The molecule has 0 atom stereocenters. The number of aryl methyl sites for hydroxylation is 3. The summed E-state index contributed by atoms with van der Waals surface area (Å²) in [5.41, 5.74) is 5.92. The zero-order valence-corrected chi connectivity index (χ0v) is 12.3. The third-order valence-corrected chi connectivity index (χ3v) is 3.65. The summed E-state index contributed by atoms with van der Waals surface area (Å²) in [4.78, 5) is 4.81. The van der Waals surface area contributed by atoms with Crippen LogP contribution in [-0.2, 0) is 0 Å². The van der Waals surface area contributed by atoms with Crippen molar-refractivity contribution in [2.24, 2.45) is 0 Å². The molecule has 20 heavy (non-hydrogen) atoms. The third kappa shape index (κ3) is 2.30. The normalized spacial score (nSPS) is 10.3. The minimum absolute atomic E-state index is 0. The van der Waals surface area contributed by atoms with Gasteiger partial charge in [0.25, 0.3) is 0 Å². The maximum atomic E-state index is 4.81. The zero-order chi connectivity index (χ0) is 13.4. The van der Waals surface area contributed by atoms with Crippen LogP contribution in [0.3, 0.4) is 0 Å². The lowest BCUT2D eigenvalue weighted by Crippen LogP contribution is -1.94. The first-order chi connectivity index (χ1) is 9.16. The second kappa shape index (κ2) is 5.43. The molecule has 2 heteroatoms. The van der Waals surface area contributed by atoms with Crippen LogP contribution in [0, 0.1) is 20.8 Å². The fraction of sp³-hybridized carbons (Fsp3) is 0.167. The lowest BCUT2D eigenvalue weighted by molar-refractivity contribution is 1.21. The van der Waals surface area contributed by atoms with Crippen molar-refractivity contribution in [2.75, 3.05) is 0 Å². The fourth-order valence-electron chi connectivity index (χ4n) is 2.64. The van der Waals surface area contributed by atoms with Gasteiger partial charge in [0.2, 0.25) is 0 Å². The highest BCUT2D eigenvalue weighted by Crippen LogP contribution is 2.29. The standard InChI is InChI=1S/C18H17N.H3N/c1-12-7-6-8-15(11-12)18-13(2)16-9-4-5-10-17(16)14(3)19-18;/h4-11H,1-3H3;1H3. The first-order valence-electron chi connectivity index (χ1n) is 6.60. The largest absolute Gasteiger partial charge is 0.344 e. The molecule has 0 aliphatic heterocycles. The SMILES string of the molecule is Cc1cccc(-c2nc(C)c3ccccc3c2C)c1.N. The van der Waals surface area contributed by atoms with E-state index in [1.807, 2.05) is 0 Å². The molecule has 3 rings (SSSR count). The Kier molecular flexibility index (Phi) is 3.86. The summed E-state index contributed by atoms with van der Waals surface area (Å²) in [6.07, 6.45) is 0. The predicted molar refractivity (Wildman–Crippen MR) is 86.4 cm³/mol. The van der Waals surface area contributed by atoms with Crippen molar-refractivity contribution in [1.29, 1.82) is 0 Å². The minimum atomic E-state index is 0. The van der Waals surface area contributed by atoms with E-state index in [0.29, 0.717) is 0 Å². The number of benzene rings is 2. The Labute approximate surface area is 120 Å². The Bertz CT molecular complexity index is 760. The van der Waals surface area contributed by atoms with Crippen LogP contribution in [-0.4, -0.2) is 4.98 Å². The molecule has 0 aliphatic carbocycles. The van der Waals surface area contributed by atoms with Crippen molar-refractivity contribution in [3.8, 4) is 11.3 Å². The van der Waals surface area contributed by atoms with E-state index in [9.17, 15) is 0 Å². The molecule has 2 nitrogen and oxygen atoms in total. The molecule has 0 radical (unpaired) electrons. The van der Waals surface area contributed by atoms with Gasteiger partial charge in [-0.2, -0.15) is 0 Å². The monoisotopic (exact) mass is 264 g/mol. The number of hydrogen-bond donors (Lipinski definition) is 1. The third-order valence-electron chi connectivity index (χ3n) is 3.65. The van der Waals surface area contributed by atoms with Crippen LogP contribution >= 0.6 is 0 Å². The number of aromatic nitrogens is 1. The summed E-state index contributed by atoms with van der Waals surface area (Å²) in [5.74, 6) is 0. The molecule has 3 N–H and O–H groups in total. The van der Waals surface area contributed by atoms with Crippen LogP contribution in [0.15, 0.2) is 48.5 Å². The highest BCUT2D eigenvalue weighted by atomic mass is 14.7. The van der Waals surface area contributed by atoms with Gasteiger partial charge in [-0.3, -0.25) is 4.98 Å². The van der Waals surface area contributed by atoms with E-state index in [0.717, 1.165) is 11.4 Å². The van der Waals surface area contributed by atoms with Crippen molar-refractivity contribution in [3.05, 3.63) is 65.4 Å². The summed E-state index contributed by atoms with van der Waals surface area (Å²) < 4.78 is 0. The van der Waals surface area contributed by atoms with Crippen LogP contribution in [0.2, 0.25) is 0 Å². The van der Waals surface area contributed by atoms with Gasteiger partial charge in [-0.15, -0.1) is 0 Å². The second-order valence-corrected chi connectivity index (χ2v) is 5.09. The summed E-state index contributed by atoms with van der Waals surface area (Å²) in [6.45, 7) is 6.36. The molecule has 102 valence electrons. The van der Waals surface area contributed by atoms with Gasteiger partial charge in [0.1, 0.15) is 0 Å². The molecule has 0 fully saturated rings. The van der Waals surface area contributed by atoms with E-state index in [1.54, 1.807) is 0 Å². The van der Waals surface area contributed by atoms with Crippen LogP contribution in [0.25, 0.3) is 22.0 Å². The topological polar surface area (TPSA) is 47.9 Å². The highest BCUT2D eigenvalue weighted by Gasteiger charge is 2.09. The lowest BCUT2D eigenvalue weighted by atomic mass is 9.98. The lowest BCUT2D eigenvalue weighted by Gasteiger charge is -2.11. The Balaban J connectivity index is 0.00000147. The van der Waals surface area contributed by atoms with E-state index in [1.165, 1.54) is 27.5 Å². The quantitative estimate of drug-likeness (QED) is 0.673. The minimum Gasteiger partial charge on any atom is -0.344 e. The molecule has 0 saturated heterocycles. The van der Waals surface area contributed by atoms with Crippen molar-refractivity contribution < 1.29 is 0 Å². The van der Waals surface area contributed by atoms with Crippen LogP contribution in [0.1, 0.15) is 16.8 Å². The van der Waals surface area contributed by atoms with Crippen LogP contribution < -0.4 is 6.15 Å². The number of pyridine rings is 1. The Morgan fingerprint density at radius 3 is 2.20 bits per heavy atom. The van der Waals surface area contributed by atoms with Crippen molar-refractivity contribution in [3.63, 3.8) is 0 Å². The first-order valence-corrected chi connectivity index (χ1v) is 6.60. The van der Waals surface area contributed by atoms with E-state index in [4.69, 9.17) is 4.98 Å². The van der Waals surface area contributed by atoms with Crippen molar-refractivity contribution in [2.45, 2.75) is 20.8 Å². The van der Waals surface area contributed by atoms with E-state index < -0.39 is 0 Å². The van der Waals surface area contributed by atoms with Gasteiger partial charge in [0, 0.05) is 16.6 Å². The van der Waals surface area contributed by atoms with Gasteiger partial charge in [-0.25, -0.2) is 0 Å². The second-order valence-electron chi connectivity index (χ2n) is 5.09. The predicted octanol–water partition coefficient (Wildman–Crippen LogP) is 4.99. The van der Waals surface area contributed by atoms with Gasteiger partial charge >= 0.3 is 0 Å². The maximum Gasteiger partial charge on any atom is 0.0740 e. The number of rotatable bonds is 1. The molecule has 0 saturated carbocycles. The molecular weight excluding hydrogens is 244 g/mol. The molecule has 0 unspecified atom stereocenters. The van der Waals surface area contributed by atoms with E-state index >= 15 is 0 Å². The number of fused-ring (bicyclic) bond motifs is 1. The van der Waals surface area contributed by atoms with Gasteiger partial charge in [-0.1, -0.05) is 48.0 Å². The molecular formula is C18H20N2. The Morgan fingerprint density at radius 1 is 0.800 bits per heavy atom. The molecule has 0 spiro atoms. The number of nitrogens with zero attached hydrogens (tertiary/aromatic N) is 1. The van der Waals surface area contributed by atoms with Crippen molar-refractivity contribution in [1.82, 2.24) is 11.1 Å². The van der Waals surface area contributed by atoms with Crippen LogP contribution in [0.4, 0.5) is 0 Å². The zero-order valence-electron chi connectivity index (χ0n) is 12.3. The van der Waals surface area contributed by atoms with E-state index in [2.05, 4.69) is 69.3 Å². The highest BCUT2D eigenvalue weighted by molar-refractivity contribution is 5.91. The van der Waals surface area contributed by atoms with Gasteiger partial charge < -0.3 is 6.15 Å². The van der Waals surface area contributed by atoms with Gasteiger partial charge in [0.05, 0.1) is 5.69 Å². The maximum absolute atomic E-state index is 4.81. The average Bonchev–Trinajstić information content (AvgIpc) is 2.43. The molecule has 1 aromatic heterocycles. The van der Waals surface area contributed by atoms with Crippen molar-refractivity contribution >= 4 is 10.8 Å².